The number of benzene rings is 2. The zero-order valence-electron chi connectivity index (χ0n) is 52.8. The predicted molar refractivity (Wildman–Crippen MR) is 339 cm³/mol. The molecule has 3 saturated heterocycles. The van der Waals surface area contributed by atoms with Crippen molar-refractivity contribution in [1.82, 2.24) is 28.7 Å². The van der Waals surface area contributed by atoms with Crippen molar-refractivity contribution in [3.8, 4) is 0 Å². The van der Waals surface area contributed by atoms with E-state index in [0.29, 0.717) is 11.2 Å². The number of aliphatic carboxylic acids is 1. The summed E-state index contributed by atoms with van der Waals surface area (Å²) in [5.41, 5.74) is 21.4. The lowest BCUT2D eigenvalue weighted by molar-refractivity contribution is -0.142. The van der Waals surface area contributed by atoms with Crippen molar-refractivity contribution in [2.45, 2.75) is 93.5 Å². The van der Waals surface area contributed by atoms with E-state index in [4.69, 9.17) is 66.7 Å². The second kappa shape index (κ2) is 39.2. The van der Waals surface area contributed by atoms with Crippen molar-refractivity contribution in [2.24, 2.45) is 21.1 Å². The molecule has 0 saturated carbocycles. The van der Waals surface area contributed by atoms with Crippen LogP contribution in [0.15, 0.2) is 121 Å². The molecule has 0 aliphatic carbocycles. The van der Waals surface area contributed by atoms with Crippen LogP contribution in [0.2, 0.25) is 5.02 Å². The molecule has 0 spiro atoms. The van der Waals surface area contributed by atoms with Gasteiger partial charge in [0.15, 0.2) is 43.3 Å². The minimum atomic E-state index is -2.45. The summed E-state index contributed by atoms with van der Waals surface area (Å²) in [7, 11) is 0. The quantitative estimate of drug-likeness (QED) is 0.0126. The maximum atomic E-state index is 16.1. The summed E-state index contributed by atoms with van der Waals surface area (Å²) in [4.78, 5) is 124. The van der Waals surface area contributed by atoms with Gasteiger partial charge in [0.25, 0.3) is 0 Å². The number of nitrogens with two attached hydrogens (primary N) is 1. The molecule has 8 rings (SSSR count). The van der Waals surface area contributed by atoms with Crippen molar-refractivity contribution in [3.05, 3.63) is 170 Å². The third-order valence-electron chi connectivity index (χ3n) is 13.5. The molecule has 0 radical (unpaired) electrons. The van der Waals surface area contributed by atoms with E-state index in [2.05, 4.69) is 65.7 Å². The van der Waals surface area contributed by atoms with Crippen LogP contribution in [0, 0.1) is 0 Å². The lowest BCUT2D eigenvalue weighted by Gasteiger charge is -2.28. The van der Waals surface area contributed by atoms with Gasteiger partial charge in [-0.05, 0) is 85.9 Å². The van der Waals surface area contributed by atoms with Crippen LogP contribution in [-0.2, 0) is 57.1 Å². The van der Waals surface area contributed by atoms with E-state index in [-0.39, 0.29) is 84.8 Å². The summed E-state index contributed by atoms with van der Waals surface area (Å²) in [6, 6.07) is 17.0. The monoisotopic (exact) mass is 1470 g/mol. The van der Waals surface area contributed by atoms with Gasteiger partial charge in [0, 0.05) is 38.3 Å². The fraction of sp³-hybridized carbons (Fsp3) is 0.455. The molecule has 101 heavy (non-hydrogen) atoms. The van der Waals surface area contributed by atoms with Crippen molar-refractivity contribution in [1.29, 1.82) is 0 Å². The average molecular weight is 1470 g/mol. The fourth-order valence-electron chi connectivity index (χ4n) is 8.84. The third-order valence-corrected chi connectivity index (χ3v) is 13.7. The van der Waals surface area contributed by atoms with E-state index in [1.807, 2.05) is 0 Å². The number of aliphatic hydroxyl groups excluding tert-OH is 4. The molecule has 546 valence electrons. The number of azide groups is 3. The van der Waals surface area contributed by atoms with E-state index in [0.717, 1.165) is 27.7 Å². The molecule has 12 atom stereocenters. The number of anilines is 3. The number of halogens is 5. The number of carboxylic acids is 1. The molecule has 3 aromatic heterocycles. The highest BCUT2D eigenvalue weighted by atomic mass is 35.5. The highest BCUT2D eigenvalue weighted by molar-refractivity contribution is 6.30. The number of rotatable bonds is 26. The predicted octanol–water partition coefficient (Wildman–Crippen LogP) is 2.17. The maximum absolute atomic E-state index is 16.1. The number of carboxylic acid groups (broad SMARTS) is 1. The van der Waals surface area contributed by atoms with Crippen molar-refractivity contribution in [2.75, 3.05) is 81.8 Å². The van der Waals surface area contributed by atoms with Gasteiger partial charge < -0.3 is 85.1 Å². The van der Waals surface area contributed by atoms with Gasteiger partial charge in [0.05, 0.1) is 50.7 Å². The first-order valence-electron chi connectivity index (χ1n) is 29.0. The van der Waals surface area contributed by atoms with Gasteiger partial charge in [-0.15, -0.1) is 12.4 Å². The molecule has 3 fully saturated rings. The first kappa shape index (κ1) is 82.7. The lowest BCUT2D eigenvalue weighted by atomic mass is 10.1. The van der Waals surface area contributed by atoms with E-state index in [9.17, 15) is 77.9 Å². The number of ether oxygens (including phenoxy) is 8. The SMILES string of the molecule is CCOC(=O)CN.CCOC(=O)CNc1ccn(C2O[C@@](CO)(N=[N+]=[N-])C(O)[C@@H]2F)c(=O)n1.CCOC(=O)CNc1ccn(C2O[C@@](COC(=O)c3cccc(Cl)c3)(N=[N+]=[N-])C(OC(=O)c3ccccc3)[C@@H]2F)c(=O)n1.Cl.[N-]=[N+]=N[C@]1(CO)OC(n2ccc(NCC(=O)O)nc2=O)[C@@H](F)C1O. The second-order valence-electron chi connectivity index (χ2n) is 20.0. The molecule has 6 unspecified atom stereocenters. The molecular weight excluding hydrogens is 1410 g/mol. The third kappa shape index (κ3) is 21.6. The minimum Gasteiger partial charge on any atom is -0.480 e. The second-order valence-corrected chi connectivity index (χ2v) is 20.5. The highest BCUT2D eigenvalue weighted by Crippen LogP contribution is 2.44. The van der Waals surface area contributed by atoms with Crippen LogP contribution in [0.25, 0.3) is 31.3 Å². The largest absolute Gasteiger partial charge is 0.480 e. The van der Waals surface area contributed by atoms with Gasteiger partial charge in [-0.3, -0.25) is 32.9 Å². The number of alkyl halides is 3. The van der Waals surface area contributed by atoms with Crippen LogP contribution in [0.4, 0.5) is 30.6 Å². The Morgan fingerprint density at radius 1 is 0.594 bits per heavy atom. The van der Waals surface area contributed by atoms with Crippen molar-refractivity contribution >= 4 is 77.3 Å². The summed E-state index contributed by atoms with van der Waals surface area (Å²) < 4.78 is 87.5. The summed E-state index contributed by atoms with van der Waals surface area (Å²) >= 11 is 5.94. The van der Waals surface area contributed by atoms with Crippen molar-refractivity contribution in [3.63, 3.8) is 0 Å². The Balaban J connectivity index is 0.000000321. The Bertz CT molecular complexity index is 4030. The smallest absolute Gasteiger partial charge is 0.351 e. The van der Waals surface area contributed by atoms with Gasteiger partial charge in [-0.2, -0.15) is 15.0 Å². The molecule has 46 heteroatoms. The van der Waals surface area contributed by atoms with E-state index < -0.39 is 146 Å². The highest BCUT2D eigenvalue weighted by Gasteiger charge is 2.61. The van der Waals surface area contributed by atoms with Crippen LogP contribution >= 0.6 is 24.0 Å². The van der Waals surface area contributed by atoms with Crippen LogP contribution in [0.3, 0.4) is 0 Å². The minimum absolute atomic E-state index is 0. The zero-order chi connectivity index (χ0) is 73.9. The molecule has 6 heterocycles. The van der Waals surface area contributed by atoms with Crippen molar-refractivity contribution < 1.29 is 105 Å². The summed E-state index contributed by atoms with van der Waals surface area (Å²) in [5.74, 6) is -4.63. The molecule has 3 aliphatic heterocycles. The van der Waals surface area contributed by atoms with E-state index in [1.54, 1.807) is 39.0 Å². The van der Waals surface area contributed by atoms with Gasteiger partial charge in [0.1, 0.15) is 55.9 Å². The molecule has 0 bridgehead atoms. The molecule has 41 nitrogen and oxygen atoms in total. The molecule has 2 aromatic carbocycles. The number of nitrogens with one attached hydrogen (secondary N) is 3. The number of hydrogen-bond acceptors (Lipinski definition) is 31. The number of nitrogens with zero attached hydrogens (tertiary/aromatic N) is 15. The van der Waals surface area contributed by atoms with E-state index in [1.165, 1.54) is 54.6 Å². The van der Waals surface area contributed by atoms with Crippen LogP contribution in [0.1, 0.15) is 60.2 Å². The van der Waals surface area contributed by atoms with Crippen LogP contribution < -0.4 is 38.8 Å². The zero-order valence-corrected chi connectivity index (χ0v) is 54.4. The van der Waals surface area contributed by atoms with Gasteiger partial charge in [0.2, 0.25) is 17.2 Å². The maximum Gasteiger partial charge on any atom is 0.351 e. The summed E-state index contributed by atoms with van der Waals surface area (Å²) in [6.45, 7) is 1.87. The molecule has 0 amide bonds. The first-order valence-corrected chi connectivity index (χ1v) is 29.4. The van der Waals surface area contributed by atoms with Gasteiger partial charge in [-0.25, -0.2) is 37.1 Å². The summed E-state index contributed by atoms with van der Waals surface area (Å²) in [6.07, 6.45) is -14.5. The lowest BCUT2D eigenvalue weighted by Crippen LogP contribution is -2.47. The molecule has 5 aromatic rings. The number of carbonyl (C=O) groups excluding carboxylic acids is 5. The Hall–Kier alpha value is -10.7. The van der Waals surface area contributed by atoms with Crippen LogP contribution in [0.5, 0.6) is 0 Å². The number of esters is 5. The average Bonchev–Trinajstić information content (AvgIpc) is 1.62. The van der Waals surface area contributed by atoms with E-state index >= 15 is 4.39 Å². The number of aromatic nitrogens is 6. The normalized spacial score (nSPS) is 23.5. The number of carbonyl (C=O) groups is 6. The number of hydrogen-bond donors (Lipinski definition) is 9. The fourth-order valence-corrected chi connectivity index (χ4v) is 9.03. The Labute approximate surface area is 576 Å². The Kier molecular flexibility index (Phi) is 32.1. The topological polar surface area (TPSA) is 590 Å². The van der Waals surface area contributed by atoms with Gasteiger partial charge >= 0.3 is 52.9 Å². The Morgan fingerprint density at radius 3 is 1.37 bits per heavy atom. The molecule has 3 aliphatic rings. The van der Waals surface area contributed by atoms with Gasteiger partial charge in [-0.1, -0.05) is 51.2 Å². The standard InChI is InChI=1S/C27H24ClFN6O8.C13H17FN6O6.C11H13FN6O6.C4H9NO2.ClH/c1-2-40-20(36)14-31-19-11-12-35(26(39)32-19)23-21(29)22(42-25(38)16-7-4-3-5-8-16)27(43-23,33-34-30)15-41-24(37)17-9-6-10-18(28)13-17;1-2-25-8(22)5-16-7-3-4-20(12(24)17-7)11-9(14)10(23)13(6-21,26-11)18-19-15;12-7-8(22)11(4-19,16-17-13)24-9(7)18-2-1-5(15-10(18)23)14-3-6(20)21;1-2-7-4(6)3-5;/h3-13,21-23H,2,14-15H2,1H3,(H,31,32,39);3-4,9-11,21,23H,2,5-6H2,1H3,(H,16,17,24);1-2,7-9,19,22H,3-4H2,(H,20,21)(H,14,15,23);2-3,5H2,1H3;1H/t21-,22?,23?,27+;9-,10?,11?,13+;7-,8?,9?,11+;;/m000../s1. The Morgan fingerprint density at radius 2 is 0.990 bits per heavy atom. The van der Waals surface area contributed by atoms with Crippen LogP contribution in [-0.4, -0.2) is 210 Å². The molecule has 10 N–H and O–H groups in total. The first-order chi connectivity index (χ1) is 47.7. The summed E-state index contributed by atoms with van der Waals surface area (Å²) in [5, 5.41) is 64.3. The number of aliphatic hydroxyl groups is 4. The molecular formula is C55H64Cl2F3N19O22.